The van der Waals surface area contributed by atoms with Gasteiger partial charge in [-0.1, -0.05) is 130 Å². The minimum atomic E-state index is -2.56. The van der Waals surface area contributed by atoms with E-state index in [0.29, 0.717) is 13.0 Å². The van der Waals surface area contributed by atoms with Crippen LogP contribution in [0.4, 0.5) is 0 Å². The van der Waals surface area contributed by atoms with Crippen molar-refractivity contribution in [2.24, 2.45) is 0 Å². The molecule has 3 heteroatoms. The van der Waals surface area contributed by atoms with E-state index in [0.717, 1.165) is 42.4 Å². The third kappa shape index (κ3) is 6.42. The maximum Gasteiger partial charge on any atom is 0.261 e. The summed E-state index contributed by atoms with van der Waals surface area (Å²) in [5, 5.41) is 13.0. The molecule has 3 aromatic rings. The third-order valence-electron chi connectivity index (χ3n) is 7.10. The molecule has 3 aromatic carbocycles. The lowest BCUT2D eigenvalue weighted by atomic mass is 9.91. The number of hydrogen-bond donors (Lipinski definition) is 1. The second kappa shape index (κ2) is 12.4. The summed E-state index contributed by atoms with van der Waals surface area (Å²) in [6.45, 7) is 7.44. The molecule has 2 nitrogen and oxygen atoms in total. The standard InChI is InChI=1S/C34H38O2Si/c1-34(2,3)37(31-21-9-5-10-22-31,32-23-11-6-12-24-32)36-26-16-15-19-29(28-17-7-4-8-18-28)27-30-20-13-14-25-33(30)35/h4-12,17-18,21-24,33,35H,13-14,16,20,25-26H2,1-3H3/t27?,33-/m1/s1. The Morgan fingerprint density at radius 2 is 1.43 bits per heavy atom. The van der Waals surface area contributed by atoms with Crippen LogP contribution >= 0.6 is 0 Å². The van der Waals surface area contributed by atoms with Gasteiger partial charge in [-0.2, -0.15) is 0 Å². The van der Waals surface area contributed by atoms with Gasteiger partial charge in [0.1, 0.15) is 0 Å². The van der Waals surface area contributed by atoms with Crippen molar-refractivity contribution in [1.29, 1.82) is 0 Å². The largest absolute Gasteiger partial charge is 0.406 e. The van der Waals surface area contributed by atoms with Crippen LogP contribution in [0.3, 0.4) is 0 Å². The molecule has 1 saturated carbocycles. The van der Waals surface area contributed by atoms with Crippen LogP contribution in [0, 0.1) is 11.8 Å². The zero-order valence-corrected chi connectivity index (χ0v) is 23.3. The summed E-state index contributed by atoms with van der Waals surface area (Å²) in [5.41, 5.74) is 6.34. The van der Waals surface area contributed by atoms with Crippen molar-refractivity contribution in [3.63, 3.8) is 0 Å². The van der Waals surface area contributed by atoms with Crippen LogP contribution in [-0.2, 0) is 4.43 Å². The van der Waals surface area contributed by atoms with E-state index in [1.54, 1.807) is 0 Å². The van der Waals surface area contributed by atoms with Gasteiger partial charge in [-0.3, -0.25) is 0 Å². The second-order valence-corrected chi connectivity index (χ2v) is 15.0. The Morgan fingerprint density at radius 3 is 1.97 bits per heavy atom. The predicted octanol–water partition coefficient (Wildman–Crippen LogP) is 6.50. The first-order valence-corrected chi connectivity index (χ1v) is 15.3. The molecule has 1 N–H and O–H groups in total. The molecule has 0 aromatic heterocycles. The van der Waals surface area contributed by atoms with E-state index in [2.05, 4.69) is 111 Å². The minimum absolute atomic E-state index is 0.0558. The molecule has 0 spiro atoms. The average Bonchev–Trinajstić information content (AvgIpc) is 2.92. The lowest BCUT2D eigenvalue weighted by molar-refractivity contribution is 0.179. The summed E-state index contributed by atoms with van der Waals surface area (Å²) in [6.07, 6.45) is 4.08. The molecule has 37 heavy (non-hydrogen) atoms. The maximum atomic E-state index is 10.5. The van der Waals surface area contributed by atoms with E-state index >= 15 is 0 Å². The molecule has 1 atom stereocenters. The summed E-state index contributed by atoms with van der Waals surface area (Å²) < 4.78 is 6.98. The molecule has 0 heterocycles. The fourth-order valence-corrected chi connectivity index (χ4v) is 9.81. The van der Waals surface area contributed by atoms with Crippen LogP contribution in [-0.4, -0.2) is 26.1 Å². The predicted molar refractivity (Wildman–Crippen MR) is 157 cm³/mol. The summed E-state index contributed by atoms with van der Waals surface area (Å²) in [6, 6.07) is 31.6. The van der Waals surface area contributed by atoms with Crippen LogP contribution in [0.2, 0.25) is 5.04 Å². The van der Waals surface area contributed by atoms with Gasteiger partial charge in [-0.15, -0.1) is 5.73 Å². The fraction of sp³-hybridized carbons (Fsp3) is 0.324. The lowest BCUT2D eigenvalue weighted by Crippen LogP contribution is -2.66. The number of benzene rings is 3. The van der Waals surface area contributed by atoms with Crippen LogP contribution in [0.5, 0.6) is 0 Å². The normalized spacial score (nSPS) is 15.9. The van der Waals surface area contributed by atoms with Crippen molar-refractivity contribution in [3.8, 4) is 11.8 Å². The third-order valence-corrected chi connectivity index (χ3v) is 12.1. The van der Waals surface area contributed by atoms with Gasteiger partial charge in [0.05, 0.1) is 11.7 Å². The highest BCUT2D eigenvalue weighted by Gasteiger charge is 2.49. The van der Waals surface area contributed by atoms with Gasteiger partial charge >= 0.3 is 0 Å². The zero-order chi connectivity index (χ0) is 26.1. The first kappa shape index (κ1) is 26.9. The number of aliphatic hydroxyl groups excluding tert-OH is 1. The fourth-order valence-electron chi connectivity index (χ4n) is 5.25. The number of rotatable bonds is 6. The average molecular weight is 507 g/mol. The molecule has 190 valence electrons. The smallest absolute Gasteiger partial charge is 0.261 e. The van der Waals surface area contributed by atoms with Gasteiger partial charge in [0, 0.05) is 18.6 Å². The summed E-state index contributed by atoms with van der Waals surface area (Å²) in [4.78, 5) is 0. The highest BCUT2D eigenvalue weighted by atomic mass is 28.4. The van der Waals surface area contributed by atoms with Crippen LogP contribution in [0.25, 0.3) is 5.57 Å². The van der Waals surface area contributed by atoms with E-state index in [-0.39, 0.29) is 5.04 Å². The number of aliphatic hydroxyl groups is 1. The molecular weight excluding hydrogens is 468 g/mol. The summed E-state index contributed by atoms with van der Waals surface area (Å²) in [5.74, 6) is 6.74. The van der Waals surface area contributed by atoms with Gasteiger partial charge in [-0.25, -0.2) is 0 Å². The van der Waals surface area contributed by atoms with Crippen molar-refractivity contribution in [2.45, 2.75) is 64.0 Å². The first-order chi connectivity index (χ1) is 17.9. The van der Waals surface area contributed by atoms with E-state index in [9.17, 15) is 5.11 Å². The molecule has 0 unspecified atom stereocenters. The van der Waals surface area contributed by atoms with Crippen molar-refractivity contribution in [1.82, 2.24) is 0 Å². The summed E-state index contributed by atoms with van der Waals surface area (Å²) in [7, 11) is -2.56. The lowest BCUT2D eigenvalue weighted by Gasteiger charge is -2.43. The SMILES string of the molecule is CC(C)(C)[Si](OCCC#CC(=C=C1CCCC[C@H]1O)c1ccccc1)(c1ccccc1)c1ccccc1. The van der Waals surface area contributed by atoms with Gasteiger partial charge in [0.25, 0.3) is 8.32 Å². The Kier molecular flexibility index (Phi) is 9.03. The molecule has 0 aliphatic heterocycles. The van der Waals surface area contributed by atoms with Crippen LogP contribution in [0.15, 0.2) is 102 Å². The molecular formula is C34H38O2Si. The molecule has 1 aliphatic carbocycles. The van der Waals surface area contributed by atoms with E-state index in [4.69, 9.17) is 4.43 Å². The summed E-state index contributed by atoms with van der Waals surface area (Å²) >= 11 is 0. The van der Waals surface area contributed by atoms with Crippen LogP contribution in [0.1, 0.15) is 58.4 Å². The monoisotopic (exact) mass is 506 g/mol. The zero-order valence-electron chi connectivity index (χ0n) is 22.3. The van der Waals surface area contributed by atoms with E-state index in [1.807, 2.05) is 18.2 Å². The van der Waals surface area contributed by atoms with Crippen molar-refractivity contribution in [3.05, 3.63) is 108 Å². The molecule has 1 aliphatic rings. The molecule has 0 saturated heterocycles. The van der Waals surface area contributed by atoms with Gasteiger partial charge in [-0.05, 0) is 40.2 Å². The van der Waals surface area contributed by atoms with E-state index < -0.39 is 14.4 Å². The number of hydrogen-bond acceptors (Lipinski definition) is 2. The molecule has 4 rings (SSSR count). The Hall–Kier alpha value is -3.12. The first-order valence-electron chi connectivity index (χ1n) is 13.4. The van der Waals surface area contributed by atoms with Gasteiger partial charge in [0.15, 0.2) is 0 Å². The Labute approximate surface area is 223 Å². The minimum Gasteiger partial charge on any atom is -0.406 e. The Bertz CT molecular complexity index is 1230. The maximum absolute atomic E-state index is 10.5. The van der Waals surface area contributed by atoms with Gasteiger partial charge < -0.3 is 9.53 Å². The van der Waals surface area contributed by atoms with Crippen LogP contribution < -0.4 is 10.4 Å². The molecule has 1 fully saturated rings. The highest BCUT2D eigenvalue weighted by Crippen LogP contribution is 2.36. The van der Waals surface area contributed by atoms with Crippen molar-refractivity contribution >= 4 is 24.3 Å². The highest BCUT2D eigenvalue weighted by molar-refractivity contribution is 6.99. The molecule has 0 amide bonds. The van der Waals surface area contributed by atoms with Crippen molar-refractivity contribution in [2.75, 3.05) is 6.61 Å². The second-order valence-electron chi connectivity index (χ2n) is 10.7. The quantitative estimate of drug-likeness (QED) is 0.179. The molecule has 0 radical (unpaired) electrons. The van der Waals surface area contributed by atoms with Gasteiger partial charge in [0.2, 0.25) is 0 Å². The Morgan fingerprint density at radius 1 is 0.865 bits per heavy atom. The topological polar surface area (TPSA) is 29.5 Å². The molecule has 0 bridgehead atoms. The Balaban J connectivity index is 1.63. The van der Waals surface area contributed by atoms with Crippen molar-refractivity contribution < 1.29 is 9.53 Å². The van der Waals surface area contributed by atoms with E-state index in [1.165, 1.54) is 10.4 Å².